The van der Waals surface area contributed by atoms with Crippen LogP contribution in [0.1, 0.15) is 16.2 Å². The summed E-state index contributed by atoms with van der Waals surface area (Å²) in [5, 5.41) is 10.1. The Hall–Kier alpha value is -3.14. The third-order valence-corrected chi connectivity index (χ3v) is 6.95. The van der Waals surface area contributed by atoms with E-state index in [1.165, 1.54) is 11.8 Å². The molecule has 0 aliphatic carbocycles. The lowest BCUT2D eigenvalue weighted by atomic mass is 10.2. The molecule has 0 N–H and O–H groups in total. The van der Waals surface area contributed by atoms with Gasteiger partial charge in [0, 0.05) is 60.1 Å². The molecular weight excluding hydrogens is 505 g/mol. The molecule has 0 atom stereocenters. The minimum atomic E-state index is -0.151. The minimum absolute atomic E-state index is 0.151. The summed E-state index contributed by atoms with van der Waals surface area (Å²) in [7, 11) is 0. The van der Waals surface area contributed by atoms with Crippen LogP contribution in [-0.2, 0) is 5.75 Å². The third kappa shape index (κ3) is 5.42. The second kappa shape index (κ2) is 10.6. The highest BCUT2D eigenvalue weighted by Gasteiger charge is 2.28. The quantitative estimate of drug-likeness (QED) is 0.268. The summed E-state index contributed by atoms with van der Waals surface area (Å²) in [5.41, 5.74) is 2.73. The van der Waals surface area contributed by atoms with Gasteiger partial charge in [-0.05, 0) is 36.4 Å². The lowest BCUT2D eigenvalue weighted by Gasteiger charge is -2.35. The Balaban J connectivity index is 1.40. The normalized spacial score (nSPS) is 13.8. The summed E-state index contributed by atoms with van der Waals surface area (Å²) in [6.45, 7) is 2.68. The number of hydrogen-bond acceptors (Lipinski definition) is 7. The predicted octanol–water partition coefficient (Wildman–Crippen LogP) is 4.62. The van der Waals surface area contributed by atoms with E-state index < -0.39 is 0 Å². The maximum absolute atomic E-state index is 13.6. The molecule has 1 amide bonds. The molecule has 2 aromatic carbocycles. The second-order valence-electron chi connectivity index (χ2n) is 7.86. The first-order valence-electron chi connectivity index (χ1n) is 11.0. The maximum atomic E-state index is 13.6. The van der Waals surface area contributed by atoms with Crippen LogP contribution in [0.2, 0.25) is 10.0 Å². The fraction of sp³-hybridized carbons (Fsp3) is 0.208. The average Bonchev–Trinajstić information content (AvgIpc) is 3.32. The van der Waals surface area contributed by atoms with E-state index >= 15 is 0 Å². The van der Waals surface area contributed by atoms with Crippen LogP contribution in [0.15, 0.2) is 72.1 Å². The van der Waals surface area contributed by atoms with Crippen molar-refractivity contribution in [3.8, 4) is 5.69 Å². The highest BCUT2D eigenvalue weighted by Crippen LogP contribution is 2.27. The molecule has 4 aromatic rings. The fourth-order valence-corrected chi connectivity index (χ4v) is 5.23. The number of aromatic nitrogens is 5. The van der Waals surface area contributed by atoms with Crippen molar-refractivity contribution >= 4 is 46.6 Å². The van der Waals surface area contributed by atoms with E-state index in [-0.39, 0.29) is 5.91 Å². The predicted molar refractivity (Wildman–Crippen MR) is 138 cm³/mol. The number of nitrogens with zero attached hydrogens (tertiary/aromatic N) is 7. The van der Waals surface area contributed by atoms with Crippen molar-refractivity contribution in [3.05, 3.63) is 88.4 Å². The van der Waals surface area contributed by atoms with Crippen molar-refractivity contribution in [2.75, 3.05) is 31.1 Å². The number of halogens is 2. The summed E-state index contributed by atoms with van der Waals surface area (Å²) in [6.07, 6.45) is 3.36. The molecule has 1 aliphatic rings. The molecular formula is C24H21Cl2N7OS. The van der Waals surface area contributed by atoms with Gasteiger partial charge in [0.05, 0.1) is 11.4 Å². The molecule has 3 heterocycles. The summed E-state index contributed by atoms with van der Waals surface area (Å²) >= 11 is 13.9. The first-order valence-corrected chi connectivity index (χ1v) is 12.7. The molecule has 0 spiro atoms. The van der Waals surface area contributed by atoms with Crippen LogP contribution in [-0.4, -0.2) is 61.9 Å². The molecule has 1 aliphatic heterocycles. The number of piperazine rings is 1. The Morgan fingerprint density at radius 1 is 0.886 bits per heavy atom. The highest BCUT2D eigenvalue weighted by atomic mass is 35.5. The van der Waals surface area contributed by atoms with Crippen LogP contribution in [0.5, 0.6) is 0 Å². The van der Waals surface area contributed by atoms with Gasteiger partial charge < -0.3 is 9.80 Å². The van der Waals surface area contributed by atoms with Gasteiger partial charge in [0.2, 0.25) is 0 Å². The van der Waals surface area contributed by atoms with E-state index in [2.05, 4.69) is 37.3 Å². The molecule has 0 bridgehead atoms. The maximum Gasteiger partial charge on any atom is 0.276 e. The van der Waals surface area contributed by atoms with Crippen molar-refractivity contribution in [2.24, 2.45) is 0 Å². The van der Waals surface area contributed by atoms with Crippen LogP contribution in [0.4, 0.5) is 5.69 Å². The van der Waals surface area contributed by atoms with Crippen molar-refractivity contribution in [3.63, 3.8) is 0 Å². The zero-order valence-electron chi connectivity index (χ0n) is 18.6. The molecule has 5 rings (SSSR count). The summed E-state index contributed by atoms with van der Waals surface area (Å²) in [6, 6.07) is 17.1. The standard InChI is InChI=1S/C24H21Cl2N7OS/c25-17-13-18(26)15-20(14-17)33-21(16-35-24-27-7-4-8-28-24)22(29-30-33)23(34)32-11-9-31(10-12-32)19-5-2-1-3-6-19/h1-8,13-15H,9-12,16H2. The van der Waals surface area contributed by atoms with E-state index in [0.29, 0.717) is 51.1 Å². The molecule has 35 heavy (non-hydrogen) atoms. The Morgan fingerprint density at radius 3 is 2.26 bits per heavy atom. The van der Waals surface area contributed by atoms with E-state index in [1.807, 2.05) is 23.1 Å². The Morgan fingerprint density at radius 2 is 1.57 bits per heavy atom. The molecule has 1 fully saturated rings. The average molecular weight is 526 g/mol. The molecule has 8 nitrogen and oxygen atoms in total. The van der Waals surface area contributed by atoms with Gasteiger partial charge in [-0.2, -0.15) is 0 Å². The Bertz CT molecular complexity index is 1290. The van der Waals surface area contributed by atoms with Gasteiger partial charge in [-0.3, -0.25) is 4.79 Å². The van der Waals surface area contributed by atoms with Gasteiger partial charge in [0.25, 0.3) is 5.91 Å². The fourth-order valence-electron chi connectivity index (χ4n) is 3.92. The molecule has 2 aromatic heterocycles. The molecule has 1 saturated heterocycles. The van der Waals surface area contributed by atoms with Gasteiger partial charge in [-0.25, -0.2) is 14.6 Å². The Kier molecular flexibility index (Phi) is 7.17. The minimum Gasteiger partial charge on any atom is -0.368 e. The number of carbonyl (C=O) groups excluding carboxylic acids is 1. The molecule has 0 saturated carbocycles. The van der Waals surface area contributed by atoms with Crippen molar-refractivity contribution in [1.82, 2.24) is 29.9 Å². The topological polar surface area (TPSA) is 80.0 Å². The van der Waals surface area contributed by atoms with Crippen molar-refractivity contribution in [1.29, 1.82) is 0 Å². The smallest absolute Gasteiger partial charge is 0.276 e. The van der Waals surface area contributed by atoms with Gasteiger partial charge in [0.15, 0.2) is 10.9 Å². The van der Waals surface area contributed by atoms with Crippen molar-refractivity contribution in [2.45, 2.75) is 10.9 Å². The van der Waals surface area contributed by atoms with E-state index in [0.717, 1.165) is 18.8 Å². The summed E-state index contributed by atoms with van der Waals surface area (Å²) in [4.78, 5) is 26.2. The third-order valence-electron chi connectivity index (χ3n) is 5.63. The number of thioether (sulfide) groups is 1. The van der Waals surface area contributed by atoms with Crippen LogP contribution < -0.4 is 4.90 Å². The Labute approximate surface area is 216 Å². The highest BCUT2D eigenvalue weighted by molar-refractivity contribution is 7.98. The monoisotopic (exact) mass is 525 g/mol. The number of hydrogen-bond donors (Lipinski definition) is 0. The first-order chi connectivity index (χ1) is 17.1. The molecule has 0 radical (unpaired) electrons. The van der Waals surface area contributed by atoms with Crippen LogP contribution in [0, 0.1) is 0 Å². The van der Waals surface area contributed by atoms with Gasteiger partial charge in [-0.1, -0.05) is 58.4 Å². The number of rotatable bonds is 6. The van der Waals surface area contributed by atoms with Crippen molar-refractivity contribution < 1.29 is 4.79 Å². The number of anilines is 1. The van der Waals surface area contributed by atoms with E-state index in [9.17, 15) is 4.79 Å². The van der Waals surface area contributed by atoms with Gasteiger partial charge >= 0.3 is 0 Å². The first kappa shape index (κ1) is 23.6. The van der Waals surface area contributed by atoms with Gasteiger partial charge in [0.1, 0.15) is 0 Å². The molecule has 11 heteroatoms. The summed E-state index contributed by atoms with van der Waals surface area (Å²) < 4.78 is 1.61. The number of benzene rings is 2. The lowest BCUT2D eigenvalue weighted by molar-refractivity contribution is 0.0740. The summed E-state index contributed by atoms with van der Waals surface area (Å²) in [5.74, 6) is 0.244. The zero-order chi connectivity index (χ0) is 24.2. The molecule has 178 valence electrons. The lowest BCUT2D eigenvalue weighted by Crippen LogP contribution is -2.49. The van der Waals surface area contributed by atoms with Crippen LogP contribution in [0.25, 0.3) is 5.69 Å². The number of carbonyl (C=O) groups is 1. The van der Waals surface area contributed by atoms with Crippen LogP contribution >= 0.6 is 35.0 Å². The van der Waals surface area contributed by atoms with E-state index in [1.54, 1.807) is 41.3 Å². The number of amides is 1. The zero-order valence-corrected chi connectivity index (χ0v) is 20.9. The van der Waals surface area contributed by atoms with E-state index in [4.69, 9.17) is 23.2 Å². The second-order valence-corrected chi connectivity index (χ2v) is 9.67. The SMILES string of the molecule is O=C(c1nnn(-c2cc(Cl)cc(Cl)c2)c1CSc1ncccn1)N1CCN(c2ccccc2)CC1. The molecule has 0 unspecified atom stereocenters. The number of para-hydroxylation sites is 1. The van der Waals surface area contributed by atoms with Crippen LogP contribution in [0.3, 0.4) is 0 Å². The largest absolute Gasteiger partial charge is 0.368 e. The van der Waals surface area contributed by atoms with Gasteiger partial charge in [-0.15, -0.1) is 5.10 Å².